The lowest BCUT2D eigenvalue weighted by molar-refractivity contribution is -0.143. The van der Waals surface area contributed by atoms with Crippen LogP contribution >= 0.6 is 0 Å². The number of rotatable bonds is 4. The molecular formula is C15H18O5. The van der Waals surface area contributed by atoms with Gasteiger partial charge in [0.15, 0.2) is 11.5 Å². The average molecular weight is 278 g/mol. The zero-order chi connectivity index (χ0) is 14.7. The third kappa shape index (κ3) is 2.61. The molecule has 5 heteroatoms. The second-order valence-corrected chi connectivity index (χ2v) is 4.76. The molecule has 0 unspecified atom stereocenters. The predicted molar refractivity (Wildman–Crippen MR) is 72.1 cm³/mol. The number of hydrogen-bond donors (Lipinski definition) is 0. The van der Waals surface area contributed by atoms with Crippen LogP contribution in [0.3, 0.4) is 0 Å². The van der Waals surface area contributed by atoms with Crippen LogP contribution in [0.15, 0.2) is 12.1 Å². The van der Waals surface area contributed by atoms with E-state index in [9.17, 15) is 9.59 Å². The van der Waals surface area contributed by atoms with E-state index in [0.29, 0.717) is 24.3 Å². The Bertz CT molecular complexity index is 535. The molecule has 2 rings (SSSR count). The first-order chi connectivity index (χ1) is 9.60. The first-order valence-corrected chi connectivity index (χ1v) is 6.43. The summed E-state index contributed by atoms with van der Waals surface area (Å²) in [4.78, 5) is 23.5. The van der Waals surface area contributed by atoms with E-state index in [4.69, 9.17) is 9.47 Å². The lowest BCUT2D eigenvalue weighted by Gasteiger charge is -2.25. The number of Topliss-reactive ketones (excluding diaryl/α,β-unsaturated/α-hetero) is 1. The van der Waals surface area contributed by atoms with E-state index in [1.54, 1.807) is 20.3 Å². The largest absolute Gasteiger partial charge is 0.493 e. The molecule has 0 aromatic heterocycles. The smallest absolute Gasteiger partial charge is 0.306 e. The second kappa shape index (κ2) is 5.94. The molecule has 0 spiro atoms. The number of benzene rings is 1. The van der Waals surface area contributed by atoms with Gasteiger partial charge in [0.05, 0.1) is 27.8 Å². The molecule has 1 aliphatic rings. The van der Waals surface area contributed by atoms with Gasteiger partial charge in [-0.25, -0.2) is 0 Å². The third-order valence-electron chi connectivity index (χ3n) is 3.66. The monoisotopic (exact) mass is 278 g/mol. The SMILES string of the molecule is COC(=O)C[C@@H]1Cc2c(ccc(OC)c2OC)CC1=O. The number of ketones is 1. The molecular weight excluding hydrogens is 260 g/mol. The van der Waals surface area contributed by atoms with E-state index in [0.717, 1.165) is 11.1 Å². The minimum atomic E-state index is -0.367. The quantitative estimate of drug-likeness (QED) is 0.782. The summed E-state index contributed by atoms with van der Waals surface area (Å²) in [7, 11) is 4.47. The zero-order valence-corrected chi connectivity index (χ0v) is 11.9. The Morgan fingerprint density at radius 1 is 1.25 bits per heavy atom. The van der Waals surface area contributed by atoms with Crippen LogP contribution in [-0.4, -0.2) is 33.1 Å². The van der Waals surface area contributed by atoms with Gasteiger partial charge in [0, 0.05) is 17.9 Å². The molecule has 0 saturated heterocycles. The number of fused-ring (bicyclic) bond motifs is 1. The number of hydrogen-bond acceptors (Lipinski definition) is 5. The fraction of sp³-hybridized carbons (Fsp3) is 0.467. The van der Waals surface area contributed by atoms with Crippen molar-refractivity contribution < 1.29 is 23.8 Å². The molecule has 0 fully saturated rings. The van der Waals surface area contributed by atoms with E-state index in [1.807, 2.05) is 6.07 Å². The summed E-state index contributed by atoms with van der Waals surface area (Å²) in [5, 5.41) is 0. The number of carbonyl (C=O) groups is 2. The number of esters is 1. The van der Waals surface area contributed by atoms with Crippen LogP contribution in [0.1, 0.15) is 17.5 Å². The molecule has 1 aromatic carbocycles. The van der Waals surface area contributed by atoms with Crippen molar-refractivity contribution in [2.45, 2.75) is 19.3 Å². The van der Waals surface area contributed by atoms with Crippen LogP contribution in [0.5, 0.6) is 11.5 Å². The zero-order valence-electron chi connectivity index (χ0n) is 11.9. The van der Waals surface area contributed by atoms with Gasteiger partial charge in [-0.1, -0.05) is 6.07 Å². The maximum atomic E-state index is 12.1. The Morgan fingerprint density at radius 3 is 2.60 bits per heavy atom. The number of ether oxygens (including phenoxy) is 3. The lowest BCUT2D eigenvalue weighted by atomic mass is 9.80. The van der Waals surface area contributed by atoms with Crippen LogP contribution in [0, 0.1) is 5.92 Å². The van der Waals surface area contributed by atoms with Crippen LogP contribution in [0.2, 0.25) is 0 Å². The standard InChI is InChI=1S/C15H18O5/c1-18-13-5-4-9-7-12(16)10(8-14(17)19-2)6-11(9)15(13)20-3/h4-5,10H,6-8H2,1-3H3/t10-/m0/s1. The molecule has 108 valence electrons. The maximum absolute atomic E-state index is 12.1. The normalized spacial score (nSPS) is 17.4. The van der Waals surface area contributed by atoms with Crippen molar-refractivity contribution in [3.05, 3.63) is 23.3 Å². The Morgan fingerprint density at radius 2 is 2.00 bits per heavy atom. The van der Waals surface area contributed by atoms with Crippen LogP contribution in [0.4, 0.5) is 0 Å². The molecule has 0 radical (unpaired) electrons. The number of carbonyl (C=O) groups excluding carboxylic acids is 2. The lowest BCUT2D eigenvalue weighted by Crippen LogP contribution is -2.28. The molecule has 0 saturated carbocycles. The van der Waals surface area contributed by atoms with Gasteiger partial charge >= 0.3 is 5.97 Å². The molecule has 1 aliphatic carbocycles. The minimum Gasteiger partial charge on any atom is -0.493 e. The Labute approximate surface area is 117 Å². The Hall–Kier alpha value is -2.04. The summed E-state index contributed by atoms with van der Waals surface area (Å²) in [6.07, 6.45) is 0.899. The van der Waals surface area contributed by atoms with Crippen molar-refractivity contribution in [1.29, 1.82) is 0 Å². The van der Waals surface area contributed by atoms with Gasteiger partial charge in [0.25, 0.3) is 0 Å². The third-order valence-corrected chi connectivity index (χ3v) is 3.66. The molecule has 0 aliphatic heterocycles. The van der Waals surface area contributed by atoms with Crippen LogP contribution in [-0.2, 0) is 27.2 Å². The first kappa shape index (κ1) is 14.4. The van der Waals surface area contributed by atoms with E-state index >= 15 is 0 Å². The van der Waals surface area contributed by atoms with Gasteiger partial charge in [-0.3, -0.25) is 9.59 Å². The van der Waals surface area contributed by atoms with Crippen molar-refractivity contribution in [3.8, 4) is 11.5 Å². The highest BCUT2D eigenvalue weighted by molar-refractivity contribution is 5.89. The van der Waals surface area contributed by atoms with Crippen LogP contribution in [0.25, 0.3) is 0 Å². The molecule has 0 N–H and O–H groups in total. The highest BCUT2D eigenvalue weighted by Gasteiger charge is 2.31. The molecule has 0 bridgehead atoms. The van der Waals surface area contributed by atoms with Gasteiger partial charge in [-0.05, 0) is 18.1 Å². The highest BCUT2D eigenvalue weighted by atomic mass is 16.5. The summed E-state index contributed by atoms with van der Waals surface area (Å²) >= 11 is 0. The fourth-order valence-corrected chi connectivity index (χ4v) is 2.58. The summed E-state index contributed by atoms with van der Waals surface area (Å²) in [6, 6.07) is 3.68. The molecule has 20 heavy (non-hydrogen) atoms. The maximum Gasteiger partial charge on any atom is 0.306 e. The minimum absolute atomic E-state index is 0.0649. The van der Waals surface area contributed by atoms with Crippen molar-refractivity contribution in [3.63, 3.8) is 0 Å². The predicted octanol–water partition coefficient (Wildman–Crippen LogP) is 1.55. The van der Waals surface area contributed by atoms with E-state index in [1.165, 1.54) is 7.11 Å². The van der Waals surface area contributed by atoms with E-state index in [2.05, 4.69) is 4.74 Å². The van der Waals surface area contributed by atoms with Crippen molar-refractivity contribution in [2.75, 3.05) is 21.3 Å². The highest BCUT2D eigenvalue weighted by Crippen LogP contribution is 2.38. The van der Waals surface area contributed by atoms with Gasteiger partial charge in [-0.2, -0.15) is 0 Å². The molecule has 0 heterocycles. The van der Waals surface area contributed by atoms with Crippen molar-refractivity contribution in [2.24, 2.45) is 5.92 Å². The second-order valence-electron chi connectivity index (χ2n) is 4.76. The van der Waals surface area contributed by atoms with E-state index < -0.39 is 0 Å². The summed E-state index contributed by atoms with van der Waals surface area (Å²) in [5.41, 5.74) is 1.88. The molecule has 1 aromatic rings. The summed E-state index contributed by atoms with van der Waals surface area (Å²) < 4.78 is 15.3. The molecule has 0 amide bonds. The van der Waals surface area contributed by atoms with E-state index in [-0.39, 0.29) is 24.1 Å². The van der Waals surface area contributed by atoms with Gasteiger partial charge < -0.3 is 14.2 Å². The van der Waals surface area contributed by atoms with Gasteiger partial charge in [-0.15, -0.1) is 0 Å². The fourth-order valence-electron chi connectivity index (χ4n) is 2.58. The molecule has 5 nitrogen and oxygen atoms in total. The summed E-state index contributed by atoms with van der Waals surface area (Å²) in [6.45, 7) is 0. The Balaban J connectivity index is 2.34. The van der Waals surface area contributed by atoms with Crippen molar-refractivity contribution in [1.82, 2.24) is 0 Å². The topological polar surface area (TPSA) is 61.8 Å². The van der Waals surface area contributed by atoms with Gasteiger partial charge in [0.2, 0.25) is 0 Å². The average Bonchev–Trinajstić information content (AvgIpc) is 2.46. The number of methoxy groups -OCH3 is 3. The van der Waals surface area contributed by atoms with Crippen LogP contribution < -0.4 is 9.47 Å². The Kier molecular flexibility index (Phi) is 4.27. The molecule has 1 atom stereocenters. The summed E-state index contributed by atoms with van der Waals surface area (Å²) in [5.74, 6) is 0.629. The first-order valence-electron chi connectivity index (χ1n) is 6.43. The van der Waals surface area contributed by atoms with Gasteiger partial charge in [0.1, 0.15) is 5.78 Å². The van der Waals surface area contributed by atoms with Crippen molar-refractivity contribution >= 4 is 11.8 Å².